The van der Waals surface area contributed by atoms with E-state index in [9.17, 15) is 22.7 Å². The van der Waals surface area contributed by atoms with Gasteiger partial charge in [0.25, 0.3) is 0 Å². The van der Waals surface area contributed by atoms with Crippen LogP contribution in [0.15, 0.2) is 12.1 Å². The lowest BCUT2D eigenvalue weighted by Crippen LogP contribution is -2.30. The molecule has 6 heteroatoms. The van der Waals surface area contributed by atoms with Crippen molar-refractivity contribution in [2.75, 3.05) is 0 Å². The standard InChI is InChI=1S/C12H13F4NO/c13-10-8(11(18)6-2-1-3-7-11)4-5-9(17-10)12(14,15)16/h4-5,18H,1-3,6-7H2. The van der Waals surface area contributed by atoms with Crippen LogP contribution in [0.2, 0.25) is 0 Å². The third-order valence-corrected chi connectivity index (χ3v) is 3.32. The maximum Gasteiger partial charge on any atom is 0.433 e. The Hall–Kier alpha value is -1.17. The summed E-state index contributed by atoms with van der Waals surface area (Å²) in [5.41, 5.74) is -2.78. The van der Waals surface area contributed by atoms with Gasteiger partial charge in [-0.2, -0.15) is 17.6 Å². The average molecular weight is 263 g/mol. The van der Waals surface area contributed by atoms with Gasteiger partial charge in [-0.05, 0) is 25.0 Å². The number of aromatic nitrogens is 1. The van der Waals surface area contributed by atoms with Gasteiger partial charge in [-0.3, -0.25) is 0 Å². The minimum atomic E-state index is -4.67. The van der Waals surface area contributed by atoms with Crippen molar-refractivity contribution in [3.63, 3.8) is 0 Å². The van der Waals surface area contributed by atoms with Crippen molar-refractivity contribution in [2.24, 2.45) is 0 Å². The van der Waals surface area contributed by atoms with Crippen LogP contribution in [0, 0.1) is 5.95 Å². The van der Waals surface area contributed by atoms with Crippen LogP contribution in [0.25, 0.3) is 0 Å². The van der Waals surface area contributed by atoms with E-state index < -0.39 is 23.4 Å². The Kier molecular flexibility index (Phi) is 3.31. The minimum Gasteiger partial charge on any atom is -0.385 e. The second-order valence-corrected chi connectivity index (χ2v) is 4.62. The summed E-state index contributed by atoms with van der Waals surface area (Å²) >= 11 is 0. The van der Waals surface area contributed by atoms with Crippen LogP contribution in [-0.4, -0.2) is 10.1 Å². The first-order valence-corrected chi connectivity index (χ1v) is 5.79. The molecule has 0 spiro atoms. The van der Waals surface area contributed by atoms with Crippen LogP contribution in [0.3, 0.4) is 0 Å². The molecule has 18 heavy (non-hydrogen) atoms. The molecule has 1 heterocycles. The van der Waals surface area contributed by atoms with Gasteiger partial charge in [0.1, 0.15) is 5.69 Å². The van der Waals surface area contributed by atoms with Crippen LogP contribution in [0.1, 0.15) is 43.4 Å². The van der Waals surface area contributed by atoms with E-state index in [4.69, 9.17) is 0 Å². The van der Waals surface area contributed by atoms with Crippen molar-refractivity contribution in [2.45, 2.75) is 43.9 Å². The Labute approximate surface area is 102 Å². The molecular weight excluding hydrogens is 250 g/mol. The molecule has 0 bridgehead atoms. The molecule has 0 unspecified atom stereocenters. The monoisotopic (exact) mass is 263 g/mol. The SMILES string of the molecule is OC1(c2ccc(C(F)(F)F)nc2F)CCCCC1. The zero-order valence-electron chi connectivity index (χ0n) is 9.60. The van der Waals surface area contributed by atoms with Gasteiger partial charge in [0.2, 0.25) is 5.95 Å². The van der Waals surface area contributed by atoms with Crippen LogP contribution in [0.4, 0.5) is 17.6 Å². The molecule has 1 aliphatic carbocycles. The first-order valence-electron chi connectivity index (χ1n) is 5.79. The molecule has 1 aliphatic rings. The summed E-state index contributed by atoms with van der Waals surface area (Å²) in [6, 6.07) is 1.71. The molecule has 2 rings (SSSR count). The lowest BCUT2D eigenvalue weighted by molar-refractivity contribution is -0.141. The number of rotatable bonds is 1. The predicted octanol–water partition coefficient (Wildman–Crippen LogP) is 3.39. The fourth-order valence-electron chi connectivity index (χ4n) is 2.35. The smallest absolute Gasteiger partial charge is 0.385 e. The van der Waals surface area contributed by atoms with Crippen molar-refractivity contribution in [1.29, 1.82) is 0 Å². The Morgan fingerprint density at radius 1 is 1.11 bits per heavy atom. The molecule has 0 atom stereocenters. The van der Waals surface area contributed by atoms with Gasteiger partial charge in [-0.25, -0.2) is 4.98 Å². The molecule has 1 saturated carbocycles. The second kappa shape index (κ2) is 4.50. The summed E-state index contributed by atoms with van der Waals surface area (Å²) in [4.78, 5) is 2.91. The quantitative estimate of drug-likeness (QED) is 0.622. The largest absolute Gasteiger partial charge is 0.433 e. The third kappa shape index (κ3) is 2.48. The van der Waals surface area contributed by atoms with Gasteiger partial charge in [0.05, 0.1) is 5.60 Å². The van der Waals surface area contributed by atoms with Crippen LogP contribution < -0.4 is 0 Å². The Bertz CT molecular complexity index is 438. The van der Waals surface area contributed by atoms with Crippen molar-refractivity contribution in [3.8, 4) is 0 Å². The van der Waals surface area contributed by atoms with E-state index in [2.05, 4.69) is 4.98 Å². The van der Waals surface area contributed by atoms with Crippen molar-refractivity contribution < 1.29 is 22.7 Å². The molecule has 0 amide bonds. The van der Waals surface area contributed by atoms with E-state index in [0.717, 1.165) is 25.3 Å². The zero-order valence-corrected chi connectivity index (χ0v) is 9.60. The normalized spacial score (nSPS) is 19.8. The number of hydrogen-bond acceptors (Lipinski definition) is 2. The Morgan fingerprint density at radius 3 is 2.22 bits per heavy atom. The summed E-state index contributed by atoms with van der Waals surface area (Å²) in [6.07, 6.45) is -1.55. The Balaban J connectivity index is 2.35. The average Bonchev–Trinajstić information content (AvgIpc) is 2.28. The van der Waals surface area contributed by atoms with E-state index in [1.54, 1.807) is 0 Å². The molecule has 0 saturated heterocycles. The molecule has 1 aromatic rings. The van der Waals surface area contributed by atoms with E-state index in [1.807, 2.05) is 0 Å². The van der Waals surface area contributed by atoms with Gasteiger partial charge in [-0.15, -0.1) is 0 Å². The number of aliphatic hydroxyl groups is 1. The summed E-state index contributed by atoms with van der Waals surface area (Å²) in [7, 11) is 0. The summed E-state index contributed by atoms with van der Waals surface area (Å²) in [5.74, 6) is -1.23. The highest BCUT2D eigenvalue weighted by molar-refractivity contribution is 5.24. The number of pyridine rings is 1. The van der Waals surface area contributed by atoms with Gasteiger partial charge in [0, 0.05) is 5.56 Å². The number of nitrogens with zero attached hydrogens (tertiary/aromatic N) is 1. The van der Waals surface area contributed by atoms with Crippen molar-refractivity contribution >= 4 is 0 Å². The highest BCUT2D eigenvalue weighted by Gasteiger charge is 2.37. The van der Waals surface area contributed by atoms with Gasteiger partial charge >= 0.3 is 6.18 Å². The molecule has 0 radical (unpaired) electrons. The number of halogens is 4. The van der Waals surface area contributed by atoms with Crippen LogP contribution in [-0.2, 0) is 11.8 Å². The Morgan fingerprint density at radius 2 is 1.72 bits per heavy atom. The minimum absolute atomic E-state index is 0.129. The molecule has 0 aliphatic heterocycles. The summed E-state index contributed by atoms with van der Waals surface area (Å²) in [5, 5.41) is 10.3. The first-order chi connectivity index (χ1) is 8.33. The first kappa shape index (κ1) is 13.3. The van der Waals surface area contributed by atoms with Crippen LogP contribution >= 0.6 is 0 Å². The third-order valence-electron chi connectivity index (χ3n) is 3.32. The van der Waals surface area contributed by atoms with Crippen LogP contribution in [0.5, 0.6) is 0 Å². The number of alkyl halides is 3. The van der Waals surface area contributed by atoms with E-state index in [-0.39, 0.29) is 5.56 Å². The molecule has 2 nitrogen and oxygen atoms in total. The van der Waals surface area contributed by atoms with E-state index in [0.29, 0.717) is 18.9 Å². The van der Waals surface area contributed by atoms with Gasteiger partial charge in [0.15, 0.2) is 0 Å². The fraction of sp³-hybridized carbons (Fsp3) is 0.583. The fourth-order valence-corrected chi connectivity index (χ4v) is 2.35. The van der Waals surface area contributed by atoms with E-state index in [1.165, 1.54) is 0 Å². The summed E-state index contributed by atoms with van der Waals surface area (Å²) in [6.45, 7) is 0. The molecule has 0 aromatic carbocycles. The maximum atomic E-state index is 13.6. The lowest BCUT2D eigenvalue weighted by Gasteiger charge is -2.32. The van der Waals surface area contributed by atoms with Crippen molar-refractivity contribution in [1.82, 2.24) is 4.98 Å². The zero-order chi connectivity index (χ0) is 13.4. The topological polar surface area (TPSA) is 33.1 Å². The van der Waals surface area contributed by atoms with E-state index >= 15 is 0 Å². The van der Waals surface area contributed by atoms with Gasteiger partial charge < -0.3 is 5.11 Å². The highest BCUT2D eigenvalue weighted by atomic mass is 19.4. The molecule has 1 aromatic heterocycles. The molecule has 1 fully saturated rings. The summed E-state index contributed by atoms with van der Waals surface area (Å²) < 4.78 is 50.7. The van der Waals surface area contributed by atoms with Gasteiger partial charge in [-0.1, -0.05) is 19.3 Å². The maximum absolute atomic E-state index is 13.6. The highest BCUT2D eigenvalue weighted by Crippen LogP contribution is 2.38. The molecular formula is C12H13F4NO. The molecule has 1 N–H and O–H groups in total. The second-order valence-electron chi connectivity index (χ2n) is 4.62. The van der Waals surface area contributed by atoms with Crippen molar-refractivity contribution in [3.05, 3.63) is 29.3 Å². The predicted molar refractivity (Wildman–Crippen MR) is 56.2 cm³/mol. The number of hydrogen-bond donors (Lipinski definition) is 1. The molecule has 100 valence electrons. The lowest BCUT2D eigenvalue weighted by atomic mass is 9.80.